The number of rotatable bonds is 6. The first-order chi connectivity index (χ1) is 12.0. The minimum absolute atomic E-state index is 0.104. The van der Waals surface area contributed by atoms with Crippen molar-refractivity contribution in [1.29, 1.82) is 0 Å². The largest absolute Gasteiger partial charge is 0.477 e. The monoisotopic (exact) mass is 386 g/mol. The molecule has 6 nitrogen and oxygen atoms in total. The van der Waals surface area contributed by atoms with Gasteiger partial charge in [-0.05, 0) is 56.1 Å². The zero-order chi connectivity index (χ0) is 17.9. The number of carboxylic acid groups (broad SMARTS) is 1. The summed E-state index contributed by atoms with van der Waals surface area (Å²) in [5, 5.41) is 10.7. The van der Waals surface area contributed by atoms with Crippen LogP contribution in [0.1, 0.15) is 54.6 Å². The van der Waals surface area contributed by atoms with E-state index in [0.29, 0.717) is 5.92 Å². The Bertz CT molecular complexity index is 695. The van der Waals surface area contributed by atoms with Gasteiger partial charge in [0.05, 0.1) is 0 Å². The molecule has 1 saturated carbocycles. The van der Waals surface area contributed by atoms with Gasteiger partial charge in [-0.2, -0.15) is 0 Å². The average molecular weight is 387 g/mol. The van der Waals surface area contributed by atoms with Gasteiger partial charge in [-0.3, -0.25) is 0 Å². The van der Waals surface area contributed by atoms with Gasteiger partial charge in [-0.15, -0.1) is 11.3 Å². The Labute approximate surface area is 153 Å². The first-order valence-corrected chi connectivity index (χ1v) is 11.4. The first kappa shape index (κ1) is 18.8. The molecule has 0 unspecified atom stereocenters. The van der Waals surface area contributed by atoms with Crippen LogP contribution in [0.15, 0.2) is 16.3 Å². The number of hydrogen-bond donors (Lipinski definition) is 2. The molecule has 8 heteroatoms. The molecule has 0 aromatic carbocycles. The number of piperidine rings is 1. The molecule has 0 radical (unpaired) electrons. The van der Waals surface area contributed by atoms with Crippen molar-refractivity contribution in [3.63, 3.8) is 0 Å². The predicted octanol–water partition coefficient (Wildman–Crippen LogP) is 2.77. The van der Waals surface area contributed by atoms with Crippen molar-refractivity contribution < 1.29 is 18.3 Å². The second-order valence-corrected chi connectivity index (χ2v) is 9.65. The molecule has 1 aromatic rings. The lowest BCUT2D eigenvalue weighted by atomic mass is 9.84. The summed E-state index contributed by atoms with van der Waals surface area (Å²) < 4.78 is 28.3. The van der Waals surface area contributed by atoms with Gasteiger partial charge in [0.1, 0.15) is 9.77 Å². The van der Waals surface area contributed by atoms with Crippen molar-refractivity contribution in [3.8, 4) is 0 Å². The van der Waals surface area contributed by atoms with E-state index in [-0.39, 0.29) is 15.8 Å². The number of thiophene rings is 1. The lowest BCUT2D eigenvalue weighted by Crippen LogP contribution is -2.47. The summed E-state index contributed by atoms with van der Waals surface area (Å²) in [6.45, 7) is 3.13. The Balaban J connectivity index is 1.71. The molecule has 2 heterocycles. The first-order valence-electron chi connectivity index (χ1n) is 9.03. The van der Waals surface area contributed by atoms with Gasteiger partial charge in [-0.1, -0.05) is 19.3 Å². The lowest BCUT2D eigenvalue weighted by Gasteiger charge is -2.37. The Kier molecular flexibility index (Phi) is 6.14. The van der Waals surface area contributed by atoms with Crippen molar-refractivity contribution >= 4 is 27.3 Å². The number of sulfonamides is 1. The molecule has 2 fully saturated rings. The van der Waals surface area contributed by atoms with E-state index in [0.717, 1.165) is 56.7 Å². The zero-order valence-corrected chi connectivity index (χ0v) is 15.9. The predicted molar refractivity (Wildman–Crippen MR) is 97.6 cm³/mol. The van der Waals surface area contributed by atoms with Crippen LogP contribution >= 0.6 is 11.3 Å². The van der Waals surface area contributed by atoms with E-state index in [2.05, 4.69) is 9.62 Å². The smallest absolute Gasteiger partial charge is 0.347 e. The lowest BCUT2D eigenvalue weighted by molar-refractivity contribution is 0.0698. The molecule has 2 N–H and O–H groups in total. The number of carboxylic acids is 1. The van der Waals surface area contributed by atoms with E-state index < -0.39 is 16.0 Å². The SMILES string of the molecule is O=C(O)c1sccc1S(=O)(=O)N[C@@H]1CCCC[C@H]1CN1CCCCC1. The van der Waals surface area contributed by atoms with Gasteiger partial charge < -0.3 is 10.0 Å². The van der Waals surface area contributed by atoms with Crippen molar-refractivity contribution in [3.05, 3.63) is 16.3 Å². The number of nitrogens with zero attached hydrogens (tertiary/aromatic N) is 1. The summed E-state index contributed by atoms with van der Waals surface area (Å²) in [5.74, 6) is -0.891. The van der Waals surface area contributed by atoms with Crippen molar-refractivity contribution in [2.24, 2.45) is 5.92 Å². The normalized spacial score (nSPS) is 25.8. The highest BCUT2D eigenvalue weighted by Crippen LogP contribution is 2.29. The van der Waals surface area contributed by atoms with Crippen LogP contribution in [0.25, 0.3) is 0 Å². The maximum absolute atomic E-state index is 12.7. The van der Waals surface area contributed by atoms with E-state index in [4.69, 9.17) is 0 Å². The van der Waals surface area contributed by atoms with Crippen LogP contribution in [0.5, 0.6) is 0 Å². The van der Waals surface area contributed by atoms with Crippen LogP contribution in [0.4, 0.5) is 0 Å². The molecular formula is C17H26N2O4S2. The maximum Gasteiger partial charge on any atom is 0.347 e. The number of carbonyl (C=O) groups is 1. The molecule has 0 amide bonds. The Morgan fingerprint density at radius 3 is 2.64 bits per heavy atom. The van der Waals surface area contributed by atoms with Crippen LogP contribution in [0, 0.1) is 5.92 Å². The molecule has 25 heavy (non-hydrogen) atoms. The number of nitrogens with one attached hydrogen (secondary N) is 1. The molecule has 1 aliphatic carbocycles. The standard InChI is InChI=1S/C17H26N2O4S2/c20-17(21)16-15(8-11-24-16)25(22,23)18-14-7-3-2-6-13(14)12-19-9-4-1-5-10-19/h8,11,13-14,18H,1-7,9-10,12H2,(H,20,21)/t13-,14+/m0/s1. The van der Waals surface area contributed by atoms with Gasteiger partial charge in [-0.25, -0.2) is 17.9 Å². The van der Waals surface area contributed by atoms with Crippen LogP contribution in [0.2, 0.25) is 0 Å². The Hall–Kier alpha value is -0.960. The van der Waals surface area contributed by atoms with E-state index in [1.807, 2.05) is 0 Å². The molecule has 1 saturated heterocycles. The van der Waals surface area contributed by atoms with Crippen LogP contribution < -0.4 is 4.72 Å². The minimum atomic E-state index is -3.80. The fourth-order valence-electron chi connectivity index (χ4n) is 3.98. The minimum Gasteiger partial charge on any atom is -0.477 e. The van der Waals surface area contributed by atoms with Gasteiger partial charge in [0.2, 0.25) is 10.0 Å². The van der Waals surface area contributed by atoms with Gasteiger partial charge in [0.25, 0.3) is 0 Å². The number of likely N-dealkylation sites (tertiary alicyclic amines) is 1. The highest BCUT2D eigenvalue weighted by molar-refractivity contribution is 7.89. The second kappa shape index (κ2) is 8.16. The quantitative estimate of drug-likeness (QED) is 0.785. The molecule has 2 aliphatic rings. The van der Waals surface area contributed by atoms with Crippen LogP contribution in [-0.4, -0.2) is 50.1 Å². The molecule has 0 spiro atoms. The topological polar surface area (TPSA) is 86.7 Å². The highest BCUT2D eigenvalue weighted by atomic mass is 32.2. The van der Waals surface area contributed by atoms with E-state index in [9.17, 15) is 18.3 Å². The van der Waals surface area contributed by atoms with Crippen molar-refractivity contribution in [2.45, 2.75) is 55.9 Å². The zero-order valence-electron chi connectivity index (χ0n) is 14.3. The Morgan fingerprint density at radius 1 is 1.20 bits per heavy atom. The summed E-state index contributed by atoms with van der Waals surface area (Å²) in [5.41, 5.74) is 0. The molecule has 3 rings (SSSR count). The summed E-state index contributed by atoms with van der Waals surface area (Å²) in [7, 11) is -3.80. The molecule has 1 aromatic heterocycles. The fourth-order valence-corrected chi connectivity index (χ4v) is 6.58. The molecular weight excluding hydrogens is 360 g/mol. The molecule has 1 aliphatic heterocycles. The summed E-state index contributed by atoms with van der Waals surface area (Å²) in [6, 6.07) is 1.28. The van der Waals surface area contributed by atoms with Crippen LogP contribution in [-0.2, 0) is 10.0 Å². The van der Waals surface area contributed by atoms with E-state index in [1.165, 1.54) is 30.7 Å². The third kappa shape index (κ3) is 4.61. The summed E-state index contributed by atoms with van der Waals surface area (Å²) in [6.07, 6.45) is 7.73. The van der Waals surface area contributed by atoms with E-state index in [1.54, 1.807) is 0 Å². The number of hydrogen-bond acceptors (Lipinski definition) is 5. The number of aromatic carboxylic acids is 1. The molecule has 2 atom stereocenters. The fraction of sp³-hybridized carbons (Fsp3) is 0.706. The third-order valence-corrected chi connectivity index (χ3v) is 7.83. The summed E-state index contributed by atoms with van der Waals surface area (Å²) >= 11 is 0.949. The average Bonchev–Trinajstić information content (AvgIpc) is 3.08. The van der Waals surface area contributed by atoms with Crippen LogP contribution in [0.3, 0.4) is 0 Å². The second-order valence-electron chi connectivity index (χ2n) is 7.05. The van der Waals surface area contributed by atoms with Gasteiger partial charge in [0, 0.05) is 12.6 Å². The summed E-state index contributed by atoms with van der Waals surface area (Å²) in [4.78, 5) is 13.5. The van der Waals surface area contributed by atoms with Crippen molar-refractivity contribution in [1.82, 2.24) is 9.62 Å². The van der Waals surface area contributed by atoms with E-state index >= 15 is 0 Å². The van der Waals surface area contributed by atoms with Gasteiger partial charge in [0.15, 0.2) is 0 Å². The van der Waals surface area contributed by atoms with Crippen molar-refractivity contribution in [2.75, 3.05) is 19.6 Å². The Morgan fingerprint density at radius 2 is 1.92 bits per heavy atom. The molecule has 140 valence electrons. The third-order valence-electron chi connectivity index (χ3n) is 5.27. The maximum atomic E-state index is 12.7. The molecule has 0 bridgehead atoms. The highest BCUT2D eigenvalue weighted by Gasteiger charge is 2.33. The van der Waals surface area contributed by atoms with Gasteiger partial charge >= 0.3 is 5.97 Å².